The zero-order chi connectivity index (χ0) is 12.1. The predicted molar refractivity (Wildman–Crippen MR) is 58.7 cm³/mol. The van der Waals surface area contributed by atoms with Crippen molar-refractivity contribution >= 4 is 23.5 Å². The van der Waals surface area contributed by atoms with Crippen LogP contribution in [-0.2, 0) is 9.53 Å². The molecule has 0 saturated heterocycles. The lowest BCUT2D eigenvalue weighted by Gasteiger charge is -2.08. The lowest BCUT2D eigenvalue weighted by Crippen LogP contribution is -2.10. The van der Waals surface area contributed by atoms with Crippen molar-refractivity contribution in [3.8, 4) is 5.75 Å². The van der Waals surface area contributed by atoms with E-state index in [1.165, 1.54) is 25.3 Å². The van der Waals surface area contributed by atoms with Gasteiger partial charge in [-0.2, -0.15) is 0 Å². The van der Waals surface area contributed by atoms with Crippen LogP contribution in [-0.4, -0.2) is 19.0 Å². The molecule has 0 bridgehead atoms. The average molecular weight is 243 g/mol. The SMILES string of the molecule is CCC(=O)Oc1ccc(Cl)cc1C(=O)OC. The highest BCUT2D eigenvalue weighted by Crippen LogP contribution is 2.24. The van der Waals surface area contributed by atoms with Gasteiger partial charge in [-0.1, -0.05) is 18.5 Å². The molecule has 0 N–H and O–H groups in total. The average Bonchev–Trinajstić information content (AvgIpc) is 2.30. The van der Waals surface area contributed by atoms with Crippen molar-refractivity contribution in [3.63, 3.8) is 0 Å². The zero-order valence-corrected chi connectivity index (χ0v) is 9.71. The standard InChI is InChI=1S/C11H11ClO4/c1-3-10(13)16-9-5-4-7(12)6-8(9)11(14)15-2/h4-6H,3H2,1-2H3. The van der Waals surface area contributed by atoms with E-state index in [2.05, 4.69) is 4.74 Å². The highest BCUT2D eigenvalue weighted by molar-refractivity contribution is 6.31. The fraction of sp³-hybridized carbons (Fsp3) is 0.273. The summed E-state index contributed by atoms with van der Waals surface area (Å²) in [6.45, 7) is 1.66. The molecule has 0 amide bonds. The van der Waals surface area contributed by atoms with Crippen LogP contribution in [0.15, 0.2) is 18.2 Å². The summed E-state index contributed by atoms with van der Waals surface area (Å²) in [5.74, 6) is -0.864. The fourth-order valence-corrected chi connectivity index (χ4v) is 1.23. The van der Waals surface area contributed by atoms with Crippen LogP contribution in [0.2, 0.25) is 5.02 Å². The Balaban J connectivity index is 3.07. The van der Waals surface area contributed by atoms with Gasteiger partial charge in [0.2, 0.25) is 0 Å². The van der Waals surface area contributed by atoms with Gasteiger partial charge in [0.05, 0.1) is 7.11 Å². The third kappa shape index (κ3) is 2.97. The van der Waals surface area contributed by atoms with Gasteiger partial charge < -0.3 is 9.47 Å². The molecule has 0 aliphatic rings. The molecule has 0 radical (unpaired) electrons. The summed E-state index contributed by atoms with van der Waals surface area (Å²) < 4.78 is 9.53. The molecule has 0 aliphatic heterocycles. The molecule has 1 rings (SSSR count). The second-order valence-corrected chi connectivity index (χ2v) is 3.40. The summed E-state index contributed by atoms with van der Waals surface area (Å²) in [5, 5.41) is 0.372. The Morgan fingerprint density at radius 1 is 1.38 bits per heavy atom. The number of halogens is 1. The summed E-state index contributed by atoms with van der Waals surface area (Å²) in [7, 11) is 1.24. The fourth-order valence-electron chi connectivity index (χ4n) is 1.06. The van der Waals surface area contributed by atoms with Gasteiger partial charge in [-0.15, -0.1) is 0 Å². The summed E-state index contributed by atoms with van der Waals surface area (Å²) >= 11 is 5.74. The molecule has 5 heteroatoms. The Morgan fingerprint density at radius 3 is 2.62 bits per heavy atom. The number of rotatable bonds is 3. The number of hydrogen-bond donors (Lipinski definition) is 0. The lowest BCUT2D eigenvalue weighted by atomic mass is 10.2. The van der Waals surface area contributed by atoms with Gasteiger partial charge in [0.25, 0.3) is 0 Å². The number of carbonyl (C=O) groups excluding carboxylic acids is 2. The van der Waals surface area contributed by atoms with Crippen LogP contribution in [0.1, 0.15) is 23.7 Å². The smallest absolute Gasteiger partial charge is 0.341 e. The minimum atomic E-state index is -0.596. The van der Waals surface area contributed by atoms with Gasteiger partial charge in [-0.3, -0.25) is 4.79 Å². The van der Waals surface area contributed by atoms with E-state index in [1.807, 2.05) is 0 Å². The Labute approximate surface area is 98.1 Å². The second kappa shape index (κ2) is 5.51. The molecule has 1 aromatic carbocycles. The summed E-state index contributed by atoms with van der Waals surface area (Å²) in [4.78, 5) is 22.5. The van der Waals surface area contributed by atoms with Crippen molar-refractivity contribution in [3.05, 3.63) is 28.8 Å². The normalized spacial score (nSPS) is 9.69. The number of benzene rings is 1. The molecule has 0 saturated carbocycles. The topological polar surface area (TPSA) is 52.6 Å². The first-order valence-electron chi connectivity index (χ1n) is 4.67. The van der Waals surface area contributed by atoms with Crippen molar-refractivity contribution in [1.82, 2.24) is 0 Å². The zero-order valence-electron chi connectivity index (χ0n) is 8.95. The van der Waals surface area contributed by atoms with Crippen molar-refractivity contribution in [2.45, 2.75) is 13.3 Å². The molecule has 1 aromatic rings. The van der Waals surface area contributed by atoms with Crippen LogP contribution in [0.3, 0.4) is 0 Å². The van der Waals surface area contributed by atoms with Gasteiger partial charge in [0.1, 0.15) is 11.3 Å². The van der Waals surface area contributed by atoms with E-state index in [4.69, 9.17) is 16.3 Å². The molecule has 0 atom stereocenters. The van der Waals surface area contributed by atoms with Gasteiger partial charge in [-0.25, -0.2) is 4.79 Å². The van der Waals surface area contributed by atoms with Crippen LogP contribution >= 0.6 is 11.6 Å². The summed E-state index contributed by atoms with van der Waals surface area (Å²) in [6.07, 6.45) is 0.225. The van der Waals surface area contributed by atoms with Crippen LogP contribution < -0.4 is 4.74 Å². The first-order valence-corrected chi connectivity index (χ1v) is 5.04. The van der Waals surface area contributed by atoms with Gasteiger partial charge in [0, 0.05) is 11.4 Å². The van der Waals surface area contributed by atoms with Gasteiger partial charge in [-0.05, 0) is 18.2 Å². The van der Waals surface area contributed by atoms with Crippen LogP contribution in [0.4, 0.5) is 0 Å². The molecular weight excluding hydrogens is 232 g/mol. The number of carbonyl (C=O) groups is 2. The highest BCUT2D eigenvalue weighted by Gasteiger charge is 2.15. The molecule has 16 heavy (non-hydrogen) atoms. The molecule has 0 fully saturated rings. The quantitative estimate of drug-likeness (QED) is 0.603. The maximum absolute atomic E-state index is 11.4. The molecule has 4 nitrogen and oxygen atoms in total. The Kier molecular flexibility index (Phi) is 4.31. The van der Waals surface area contributed by atoms with Crippen molar-refractivity contribution < 1.29 is 19.1 Å². The minimum Gasteiger partial charge on any atom is -0.465 e. The molecule has 0 aliphatic carbocycles. The maximum Gasteiger partial charge on any atom is 0.341 e. The second-order valence-electron chi connectivity index (χ2n) is 2.96. The maximum atomic E-state index is 11.4. The van der Waals surface area contributed by atoms with Crippen molar-refractivity contribution in [2.24, 2.45) is 0 Å². The van der Waals surface area contributed by atoms with Crippen LogP contribution in [0, 0.1) is 0 Å². The first kappa shape index (κ1) is 12.5. The molecule has 0 aromatic heterocycles. The Morgan fingerprint density at radius 2 is 2.06 bits per heavy atom. The van der Waals surface area contributed by atoms with E-state index in [9.17, 15) is 9.59 Å². The monoisotopic (exact) mass is 242 g/mol. The number of ether oxygens (including phenoxy) is 2. The van der Waals surface area contributed by atoms with Gasteiger partial charge in [0.15, 0.2) is 0 Å². The lowest BCUT2D eigenvalue weighted by molar-refractivity contribution is -0.134. The number of esters is 2. The van der Waals surface area contributed by atoms with E-state index < -0.39 is 11.9 Å². The van der Waals surface area contributed by atoms with Crippen molar-refractivity contribution in [1.29, 1.82) is 0 Å². The Bertz CT molecular complexity index is 414. The number of methoxy groups -OCH3 is 1. The van der Waals surface area contributed by atoms with Crippen LogP contribution in [0.5, 0.6) is 5.75 Å². The largest absolute Gasteiger partial charge is 0.465 e. The third-order valence-corrected chi connectivity index (χ3v) is 2.09. The molecule has 0 unspecified atom stereocenters. The van der Waals surface area contributed by atoms with Gasteiger partial charge >= 0.3 is 11.9 Å². The molecule has 0 heterocycles. The summed E-state index contributed by atoms with van der Waals surface area (Å²) in [6, 6.07) is 4.39. The first-order chi connectivity index (χ1) is 7.58. The third-order valence-electron chi connectivity index (χ3n) is 1.86. The van der Waals surface area contributed by atoms with E-state index in [1.54, 1.807) is 6.92 Å². The van der Waals surface area contributed by atoms with Crippen LogP contribution in [0.25, 0.3) is 0 Å². The molecule has 0 spiro atoms. The Hall–Kier alpha value is -1.55. The highest BCUT2D eigenvalue weighted by atomic mass is 35.5. The number of hydrogen-bond acceptors (Lipinski definition) is 4. The van der Waals surface area contributed by atoms with E-state index in [-0.39, 0.29) is 17.7 Å². The summed E-state index contributed by atoms with van der Waals surface area (Å²) in [5.41, 5.74) is 0.136. The predicted octanol–water partition coefficient (Wildman–Crippen LogP) is 2.44. The minimum absolute atomic E-state index is 0.136. The van der Waals surface area contributed by atoms with E-state index in [0.717, 1.165) is 0 Å². The van der Waals surface area contributed by atoms with E-state index in [0.29, 0.717) is 5.02 Å². The van der Waals surface area contributed by atoms with Crippen molar-refractivity contribution in [2.75, 3.05) is 7.11 Å². The molecular formula is C11H11ClO4. The van der Waals surface area contributed by atoms with E-state index >= 15 is 0 Å². The molecule has 86 valence electrons.